The number of nitrogens with zero attached hydrogens (tertiary/aromatic N) is 2. The molecule has 1 atom stereocenters. The molecule has 0 spiro atoms. The monoisotopic (exact) mass is 376 g/mol. The van der Waals surface area contributed by atoms with Gasteiger partial charge < -0.3 is 14.4 Å². The summed E-state index contributed by atoms with van der Waals surface area (Å²) in [4.78, 5) is 14.4. The zero-order chi connectivity index (χ0) is 19.8. The van der Waals surface area contributed by atoms with Gasteiger partial charge in [-0.1, -0.05) is 47.1 Å². The van der Waals surface area contributed by atoms with Gasteiger partial charge in [-0.05, 0) is 37.1 Å². The van der Waals surface area contributed by atoms with E-state index < -0.39 is 11.9 Å². The van der Waals surface area contributed by atoms with Gasteiger partial charge in [0.1, 0.15) is 11.5 Å². The lowest BCUT2D eigenvalue weighted by molar-refractivity contribution is -0.117. The maximum atomic E-state index is 13.0. The fourth-order valence-electron chi connectivity index (χ4n) is 3.44. The van der Waals surface area contributed by atoms with Gasteiger partial charge in [0.2, 0.25) is 0 Å². The summed E-state index contributed by atoms with van der Waals surface area (Å²) < 4.78 is 10.4. The topological polar surface area (TPSA) is 75.8 Å². The van der Waals surface area contributed by atoms with E-state index in [1.165, 1.54) is 4.90 Å². The van der Waals surface area contributed by atoms with Crippen LogP contribution in [0.25, 0.3) is 5.57 Å². The zero-order valence-corrected chi connectivity index (χ0v) is 15.8. The molecular weight excluding hydrogens is 356 g/mol. The third-order valence-corrected chi connectivity index (χ3v) is 4.86. The van der Waals surface area contributed by atoms with Crippen molar-refractivity contribution in [2.75, 3.05) is 12.0 Å². The Kier molecular flexibility index (Phi) is 4.39. The number of hydrogen-bond donors (Lipinski definition) is 1. The van der Waals surface area contributed by atoms with Crippen molar-refractivity contribution in [3.8, 4) is 5.75 Å². The lowest BCUT2D eigenvalue weighted by Gasteiger charge is -2.25. The third kappa shape index (κ3) is 2.93. The number of rotatable bonds is 4. The van der Waals surface area contributed by atoms with Crippen LogP contribution in [0.5, 0.6) is 5.75 Å². The Morgan fingerprint density at radius 3 is 2.32 bits per heavy atom. The van der Waals surface area contributed by atoms with Crippen molar-refractivity contribution in [2.24, 2.45) is 0 Å². The van der Waals surface area contributed by atoms with E-state index in [9.17, 15) is 9.90 Å². The van der Waals surface area contributed by atoms with Crippen LogP contribution in [0.4, 0.5) is 5.82 Å². The van der Waals surface area contributed by atoms with Crippen LogP contribution in [0.15, 0.2) is 64.9 Å². The van der Waals surface area contributed by atoms with Gasteiger partial charge in [0.05, 0.1) is 13.2 Å². The summed E-state index contributed by atoms with van der Waals surface area (Å²) in [7, 11) is 1.60. The van der Waals surface area contributed by atoms with Crippen molar-refractivity contribution >= 4 is 17.3 Å². The van der Waals surface area contributed by atoms with E-state index in [0.717, 1.165) is 16.7 Å². The summed E-state index contributed by atoms with van der Waals surface area (Å²) in [6.07, 6.45) is 0. The standard InChI is InChI=1S/C22H20N2O4/c1-13-4-6-15(7-5-13)19-20(16-8-10-17(27-3)11-9-16)24(22(26)21(19)25)18-12-14(2)28-23-18/h4-12,20,25H,1-3H3. The average molecular weight is 376 g/mol. The van der Waals surface area contributed by atoms with Crippen LogP contribution >= 0.6 is 0 Å². The molecule has 4 rings (SSSR count). The molecule has 1 aromatic heterocycles. The molecule has 1 aliphatic rings. The molecule has 0 aliphatic carbocycles. The number of aryl methyl sites for hydroxylation is 2. The average Bonchev–Trinajstić information content (AvgIpc) is 3.24. The van der Waals surface area contributed by atoms with Crippen LogP contribution in [-0.4, -0.2) is 23.3 Å². The van der Waals surface area contributed by atoms with Gasteiger partial charge in [-0.25, -0.2) is 0 Å². The number of carbonyl (C=O) groups is 1. The predicted molar refractivity (Wildman–Crippen MR) is 105 cm³/mol. The number of aromatic nitrogens is 1. The quantitative estimate of drug-likeness (QED) is 0.732. The molecule has 0 saturated carbocycles. The second-order valence-electron chi connectivity index (χ2n) is 6.77. The van der Waals surface area contributed by atoms with Gasteiger partial charge in [0, 0.05) is 11.6 Å². The molecule has 6 heteroatoms. The van der Waals surface area contributed by atoms with E-state index in [4.69, 9.17) is 9.26 Å². The van der Waals surface area contributed by atoms with Crippen molar-refractivity contribution in [3.05, 3.63) is 82.8 Å². The normalized spacial score (nSPS) is 16.8. The van der Waals surface area contributed by atoms with E-state index in [-0.39, 0.29) is 5.76 Å². The summed E-state index contributed by atoms with van der Waals surface area (Å²) >= 11 is 0. The van der Waals surface area contributed by atoms with Crippen LogP contribution in [0.2, 0.25) is 0 Å². The van der Waals surface area contributed by atoms with Crippen LogP contribution in [0.1, 0.15) is 28.5 Å². The number of anilines is 1. The Bertz CT molecular complexity index is 1050. The first-order valence-electron chi connectivity index (χ1n) is 8.90. The fraction of sp³-hybridized carbons (Fsp3) is 0.182. The van der Waals surface area contributed by atoms with Crippen LogP contribution in [0.3, 0.4) is 0 Å². The molecule has 1 N–H and O–H groups in total. The highest BCUT2D eigenvalue weighted by Crippen LogP contribution is 2.45. The SMILES string of the molecule is COc1ccc(C2C(c3ccc(C)cc3)=C(O)C(=O)N2c2cc(C)on2)cc1. The predicted octanol–water partition coefficient (Wildman–Crippen LogP) is 4.36. The molecule has 2 heterocycles. The number of hydrogen-bond acceptors (Lipinski definition) is 5. The van der Waals surface area contributed by atoms with Crippen molar-refractivity contribution in [1.29, 1.82) is 0 Å². The van der Waals surface area contributed by atoms with E-state index in [1.807, 2.05) is 55.5 Å². The first kappa shape index (κ1) is 17.9. The summed E-state index contributed by atoms with van der Waals surface area (Å²) in [5.74, 6) is 0.855. The highest BCUT2D eigenvalue weighted by atomic mass is 16.5. The first-order chi connectivity index (χ1) is 13.5. The van der Waals surface area contributed by atoms with Crippen molar-refractivity contribution in [2.45, 2.75) is 19.9 Å². The van der Waals surface area contributed by atoms with Gasteiger partial charge in [-0.3, -0.25) is 9.69 Å². The van der Waals surface area contributed by atoms with Gasteiger partial charge in [0.15, 0.2) is 11.6 Å². The Morgan fingerprint density at radius 1 is 1.07 bits per heavy atom. The molecule has 0 bridgehead atoms. The number of amides is 1. The highest BCUT2D eigenvalue weighted by Gasteiger charge is 2.43. The molecule has 6 nitrogen and oxygen atoms in total. The molecule has 0 radical (unpaired) electrons. The van der Waals surface area contributed by atoms with Crippen LogP contribution in [0, 0.1) is 13.8 Å². The molecule has 0 fully saturated rings. The maximum absolute atomic E-state index is 13.0. The molecule has 1 aliphatic heterocycles. The highest BCUT2D eigenvalue weighted by molar-refractivity contribution is 6.15. The van der Waals surface area contributed by atoms with E-state index in [2.05, 4.69) is 5.16 Å². The number of carbonyl (C=O) groups excluding carboxylic acids is 1. The molecular formula is C22H20N2O4. The molecule has 28 heavy (non-hydrogen) atoms. The van der Waals surface area contributed by atoms with Crippen LogP contribution < -0.4 is 9.64 Å². The van der Waals surface area contributed by atoms with Crippen molar-refractivity contribution in [3.63, 3.8) is 0 Å². The van der Waals surface area contributed by atoms with Crippen molar-refractivity contribution in [1.82, 2.24) is 5.16 Å². The minimum Gasteiger partial charge on any atom is -0.503 e. The number of aliphatic hydroxyl groups excluding tert-OH is 1. The number of ether oxygens (including phenoxy) is 1. The van der Waals surface area contributed by atoms with Gasteiger partial charge in [-0.2, -0.15) is 0 Å². The van der Waals surface area contributed by atoms with E-state index in [0.29, 0.717) is 22.9 Å². The molecule has 3 aromatic rings. The third-order valence-electron chi connectivity index (χ3n) is 4.86. The lowest BCUT2D eigenvalue weighted by Crippen LogP contribution is -2.30. The Hall–Kier alpha value is -3.54. The Morgan fingerprint density at radius 2 is 1.75 bits per heavy atom. The largest absolute Gasteiger partial charge is 0.503 e. The van der Waals surface area contributed by atoms with Gasteiger partial charge in [-0.15, -0.1) is 0 Å². The molecule has 0 saturated heterocycles. The first-order valence-corrected chi connectivity index (χ1v) is 8.90. The molecule has 1 unspecified atom stereocenters. The van der Waals surface area contributed by atoms with Crippen LogP contribution in [-0.2, 0) is 4.79 Å². The number of benzene rings is 2. The van der Waals surface area contributed by atoms with Gasteiger partial charge >= 0.3 is 0 Å². The summed E-state index contributed by atoms with van der Waals surface area (Å²) in [5.41, 5.74) is 3.24. The van der Waals surface area contributed by atoms with Gasteiger partial charge in [0.25, 0.3) is 5.91 Å². The second kappa shape index (κ2) is 6.88. The summed E-state index contributed by atoms with van der Waals surface area (Å²) in [6, 6.07) is 16.3. The fourth-order valence-corrected chi connectivity index (χ4v) is 3.44. The molecule has 142 valence electrons. The summed E-state index contributed by atoms with van der Waals surface area (Å²) in [6.45, 7) is 3.75. The van der Waals surface area contributed by atoms with Crippen molar-refractivity contribution < 1.29 is 19.2 Å². The lowest BCUT2D eigenvalue weighted by atomic mass is 9.93. The second-order valence-corrected chi connectivity index (χ2v) is 6.77. The van der Waals surface area contributed by atoms with E-state index in [1.54, 1.807) is 20.1 Å². The number of methoxy groups -OCH3 is 1. The maximum Gasteiger partial charge on any atom is 0.295 e. The van der Waals surface area contributed by atoms with E-state index >= 15 is 0 Å². The zero-order valence-electron chi connectivity index (χ0n) is 15.8. The molecule has 2 aromatic carbocycles. The Balaban J connectivity index is 1.88. The minimum absolute atomic E-state index is 0.287. The summed E-state index contributed by atoms with van der Waals surface area (Å²) in [5, 5.41) is 14.8. The molecule has 1 amide bonds. The Labute approximate surface area is 162 Å². The smallest absolute Gasteiger partial charge is 0.295 e. The minimum atomic E-state index is -0.536. The number of aliphatic hydroxyl groups is 1.